The number of likely N-dealkylation sites (tertiary alicyclic amines) is 1. The highest BCUT2D eigenvalue weighted by Crippen LogP contribution is 2.29. The lowest BCUT2D eigenvalue weighted by Gasteiger charge is -2.32. The lowest BCUT2D eigenvalue weighted by Crippen LogP contribution is -2.44. The Morgan fingerprint density at radius 1 is 1.06 bits per heavy atom. The van der Waals surface area contributed by atoms with Gasteiger partial charge in [0.2, 0.25) is 5.91 Å². The van der Waals surface area contributed by atoms with Gasteiger partial charge in [-0.1, -0.05) is 49.1 Å². The van der Waals surface area contributed by atoms with Crippen LogP contribution in [0.15, 0.2) is 30.6 Å². The van der Waals surface area contributed by atoms with E-state index >= 15 is 0 Å². The molecule has 1 aromatic heterocycles. The highest BCUT2D eigenvalue weighted by Gasteiger charge is 2.32. The van der Waals surface area contributed by atoms with Gasteiger partial charge in [-0.25, -0.2) is 4.98 Å². The number of carbonyl (C=O) groups excluding carboxylic acids is 2. The summed E-state index contributed by atoms with van der Waals surface area (Å²) in [6.07, 6.45) is 9.53. The second-order valence-electron chi connectivity index (χ2n) is 10.2. The van der Waals surface area contributed by atoms with Crippen molar-refractivity contribution in [2.75, 3.05) is 19.6 Å². The topological polar surface area (TPSA) is 76.5 Å². The van der Waals surface area contributed by atoms with Crippen molar-refractivity contribution in [3.05, 3.63) is 53.1 Å². The highest BCUT2D eigenvalue weighted by molar-refractivity contribution is 5.93. The Morgan fingerprint density at radius 3 is 2.53 bits per heavy atom. The van der Waals surface area contributed by atoms with Gasteiger partial charge >= 0.3 is 0 Å². The van der Waals surface area contributed by atoms with Gasteiger partial charge in [0.25, 0.3) is 5.91 Å². The van der Waals surface area contributed by atoms with Crippen molar-refractivity contribution in [1.82, 2.24) is 19.8 Å². The van der Waals surface area contributed by atoms with E-state index in [0.717, 1.165) is 17.8 Å². The van der Waals surface area contributed by atoms with E-state index in [1.54, 1.807) is 6.33 Å². The number of carbonyl (C=O) groups is 2. The molecule has 2 aromatic rings. The lowest BCUT2D eigenvalue weighted by atomic mass is 9.89. The Kier molecular flexibility index (Phi) is 6.99. The Labute approximate surface area is 201 Å². The number of nitrogens with zero attached hydrogens (tertiary/aromatic N) is 3. The molecule has 7 nitrogen and oxygen atoms in total. The van der Waals surface area contributed by atoms with Gasteiger partial charge in [-0.2, -0.15) is 0 Å². The quantitative estimate of drug-likeness (QED) is 0.725. The van der Waals surface area contributed by atoms with Crippen LogP contribution in [0.3, 0.4) is 0 Å². The minimum atomic E-state index is -0.0489. The van der Waals surface area contributed by atoms with Crippen LogP contribution in [0, 0.1) is 18.8 Å². The number of aromatic nitrogens is 2. The van der Waals surface area contributed by atoms with E-state index in [1.165, 1.54) is 37.7 Å². The van der Waals surface area contributed by atoms with Gasteiger partial charge in [0.05, 0.1) is 25.2 Å². The minimum Gasteiger partial charge on any atom is -0.365 e. The van der Waals surface area contributed by atoms with Crippen molar-refractivity contribution in [1.29, 1.82) is 0 Å². The smallest absolute Gasteiger partial charge is 0.274 e. The number of ether oxygens (including phenoxy) is 1. The summed E-state index contributed by atoms with van der Waals surface area (Å²) in [7, 11) is 0. The maximum absolute atomic E-state index is 13.2. The Hall–Kier alpha value is -2.67. The standard InChI is InChI=1S/C27H36N4O3/c1-19-7-9-21(10-8-19)24-16-31-18-29-25(23(31)17-34-24)27(33)30-13-11-22(12-14-30)26(32)28-15-20-5-3-2-4-6-20/h7-10,18,20,22,24H,2-6,11-17H2,1H3,(H,28,32)/t24-/m0/s1. The molecule has 0 spiro atoms. The fraction of sp³-hybridized carbons (Fsp3) is 0.593. The molecule has 7 heteroatoms. The summed E-state index contributed by atoms with van der Waals surface area (Å²) >= 11 is 0. The Bertz CT molecular complexity index is 1000. The van der Waals surface area contributed by atoms with Crippen LogP contribution in [-0.2, 0) is 22.7 Å². The molecule has 0 unspecified atom stereocenters. The highest BCUT2D eigenvalue weighted by atomic mass is 16.5. The first-order valence-electron chi connectivity index (χ1n) is 12.9. The van der Waals surface area contributed by atoms with Gasteiger partial charge in [0, 0.05) is 25.6 Å². The predicted octanol–water partition coefficient (Wildman–Crippen LogP) is 4.01. The van der Waals surface area contributed by atoms with Gasteiger partial charge < -0.3 is 19.5 Å². The van der Waals surface area contributed by atoms with Crippen molar-refractivity contribution in [2.45, 2.75) is 71.1 Å². The summed E-state index contributed by atoms with van der Waals surface area (Å²) in [5, 5.41) is 3.18. The summed E-state index contributed by atoms with van der Waals surface area (Å²) in [5.41, 5.74) is 3.70. The third-order valence-electron chi connectivity index (χ3n) is 7.82. The van der Waals surface area contributed by atoms with Crippen molar-refractivity contribution < 1.29 is 14.3 Å². The summed E-state index contributed by atoms with van der Waals surface area (Å²) in [5.74, 6) is 0.751. The molecular formula is C27H36N4O3. The van der Waals surface area contributed by atoms with Gasteiger partial charge in [0.1, 0.15) is 6.10 Å². The van der Waals surface area contributed by atoms with Gasteiger partial charge in [-0.15, -0.1) is 0 Å². The molecule has 1 aliphatic carbocycles. The number of fused-ring (bicyclic) bond motifs is 1. The first-order valence-corrected chi connectivity index (χ1v) is 12.9. The van der Waals surface area contributed by atoms with Crippen LogP contribution in [0.2, 0.25) is 0 Å². The number of imidazole rings is 1. The van der Waals surface area contributed by atoms with Crippen LogP contribution in [0.5, 0.6) is 0 Å². The van der Waals surface area contributed by atoms with Crippen molar-refractivity contribution in [3.63, 3.8) is 0 Å². The van der Waals surface area contributed by atoms with Crippen LogP contribution >= 0.6 is 0 Å². The number of aryl methyl sites for hydroxylation is 1. The molecule has 2 aliphatic heterocycles. The third-order valence-corrected chi connectivity index (χ3v) is 7.82. The molecule has 182 valence electrons. The van der Waals surface area contributed by atoms with E-state index in [1.807, 2.05) is 9.47 Å². The lowest BCUT2D eigenvalue weighted by molar-refractivity contribution is -0.126. The average molecular weight is 465 g/mol. The number of rotatable bonds is 5. The zero-order valence-corrected chi connectivity index (χ0v) is 20.2. The molecule has 0 bridgehead atoms. The molecule has 5 rings (SSSR count). The van der Waals surface area contributed by atoms with Crippen LogP contribution in [0.4, 0.5) is 0 Å². The first-order chi connectivity index (χ1) is 16.6. The maximum atomic E-state index is 13.2. The number of benzene rings is 1. The zero-order chi connectivity index (χ0) is 23.5. The van der Waals surface area contributed by atoms with Crippen LogP contribution < -0.4 is 5.32 Å². The second kappa shape index (κ2) is 10.3. The zero-order valence-electron chi connectivity index (χ0n) is 20.2. The molecule has 1 saturated heterocycles. The molecule has 3 aliphatic rings. The maximum Gasteiger partial charge on any atom is 0.274 e. The van der Waals surface area contributed by atoms with E-state index in [0.29, 0.717) is 50.7 Å². The van der Waals surface area contributed by atoms with E-state index in [9.17, 15) is 9.59 Å². The number of amides is 2. The van der Waals surface area contributed by atoms with E-state index < -0.39 is 0 Å². The molecule has 34 heavy (non-hydrogen) atoms. The van der Waals surface area contributed by atoms with Crippen LogP contribution in [-0.4, -0.2) is 45.9 Å². The number of hydrogen-bond acceptors (Lipinski definition) is 4. The SMILES string of the molecule is Cc1ccc([C@@H]2Cn3cnc(C(=O)N4CCC(C(=O)NCC5CCCCC5)CC4)c3CO2)cc1. The normalized spacial score (nSPS) is 21.8. The molecule has 3 heterocycles. The molecule has 1 N–H and O–H groups in total. The van der Waals surface area contributed by atoms with Gasteiger partial charge in [-0.05, 0) is 44.1 Å². The molecule has 2 amide bonds. The molecule has 1 atom stereocenters. The first kappa shape index (κ1) is 23.1. The molecular weight excluding hydrogens is 428 g/mol. The fourth-order valence-corrected chi connectivity index (χ4v) is 5.56. The summed E-state index contributed by atoms with van der Waals surface area (Å²) in [6.45, 7) is 5.10. The molecule has 1 saturated carbocycles. The van der Waals surface area contributed by atoms with Crippen molar-refractivity contribution in [2.24, 2.45) is 11.8 Å². The van der Waals surface area contributed by atoms with Crippen molar-refractivity contribution in [3.8, 4) is 0 Å². The third kappa shape index (κ3) is 5.04. The molecule has 2 fully saturated rings. The Morgan fingerprint density at radius 2 is 1.79 bits per heavy atom. The largest absolute Gasteiger partial charge is 0.365 e. The minimum absolute atomic E-state index is 0.00199. The van der Waals surface area contributed by atoms with Gasteiger partial charge in [-0.3, -0.25) is 9.59 Å². The summed E-state index contributed by atoms with van der Waals surface area (Å²) in [6, 6.07) is 8.39. The van der Waals surface area contributed by atoms with Gasteiger partial charge in [0.15, 0.2) is 5.69 Å². The summed E-state index contributed by atoms with van der Waals surface area (Å²) < 4.78 is 8.16. The van der Waals surface area contributed by atoms with Crippen LogP contribution in [0.1, 0.15) is 78.4 Å². The molecule has 0 radical (unpaired) electrons. The monoisotopic (exact) mass is 464 g/mol. The van der Waals surface area contributed by atoms with E-state index in [4.69, 9.17) is 4.74 Å². The van der Waals surface area contributed by atoms with Crippen molar-refractivity contribution >= 4 is 11.8 Å². The van der Waals surface area contributed by atoms with Crippen LogP contribution in [0.25, 0.3) is 0 Å². The predicted molar refractivity (Wildman–Crippen MR) is 129 cm³/mol. The van der Waals surface area contributed by atoms with E-state index in [-0.39, 0.29) is 23.8 Å². The number of hydrogen-bond donors (Lipinski definition) is 1. The fourth-order valence-electron chi connectivity index (χ4n) is 5.56. The number of nitrogens with one attached hydrogen (secondary N) is 1. The van der Waals surface area contributed by atoms with E-state index in [2.05, 4.69) is 41.5 Å². The average Bonchev–Trinajstić information content (AvgIpc) is 3.31. The molecule has 1 aromatic carbocycles. The Balaban J connectivity index is 1.14. The summed E-state index contributed by atoms with van der Waals surface area (Å²) in [4.78, 5) is 32.2. The number of piperidine rings is 1. The second-order valence-corrected chi connectivity index (χ2v) is 10.2.